The topological polar surface area (TPSA) is 0 Å². The van der Waals surface area contributed by atoms with Crippen LogP contribution in [0.3, 0.4) is 0 Å². The van der Waals surface area contributed by atoms with Gasteiger partial charge in [-0.1, -0.05) is 88.2 Å². The molecule has 0 bridgehead atoms. The summed E-state index contributed by atoms with van der Waals surface area (Å²) in [5.41, 5.74) is 0. The fourth-order valence-corrected chi connectivity index (χ4v) is 33.8. The van der Waals surface area contributed by atoms with Crippen molar-refractivity contribution in [3.63, 3.8) is 0 Å². The Kier molecular flexibility index (Phi) is 5.36. The highest BCUT2D eigenvalue weighted by molar-refractivity contribution is 7.13. The molecule has 0 heterocycles. The second-order valence-electron chi connectivity index (χ2n) is 9.75. The van der Waals surface area contributed by atoms with Gasteiger partial charge in [-0.2, -0.15) is 0 Å². The van der Waals surface area contributed by atoms with Crippen LogP contribution in [0.2, 0.25) is 78.6 Å². The van der Waals surface area contributed by atoms with Crippen LogP contribution < -0.4 is 0 Å². The second-order valence-corrected chi connectivity index (χ2v) is 30.8. The molecule has 0 aromatic carbocycles. The minimum atomic E-state index is -1.19. The number of hydrogen-bond acceptors (Lipinski definition) is 0. The second kappa shape index (κ2) is 5.18. The Morgan fingerprint density at radius 3 is 0.500 bits per heavy atom. The van der Waals surface area contributed by atoms with E-state index in [2.05, 4.69) is 78.6 Å². The van der Waals surface area contributed by atoms with Gasteiger partial charge in [0.2, 0.25) is 0 Å². The maximum absolute atomic E-state index is 2.57. The molecule has 0 saturated heterocycles. The van der Waals surface area contributed by atoms with Crippen LogP contribution in [0.15, 0.2) is 9.64 Å². The summed E-state index contributed by atoms with van der Waals surface area (Å²) >= 11 is 0. The van der Waals surface area contributed by atoms with Crippen molar-refractivity contribution in [2.75, 3.05) is 0 Å². The minimum Gasteiger partial charge on any atom is -0.0991 e. The third-order valence-corrected chi connectivity index (χ3v) is 20.2. The molecular formula is C14H36Si4. The third-order valence-electron chi connectivity index (χ3n) is 3.25. The van der Waals surface area contributed by atoms with E-state index in [9.17, 15) is 0 Å². The molecule has 0 saturated carbocycles. The maximum Gasteiger partial charge on any atom is 0.0671 e. The molecule has 0 aromatic rings. The van der Waals surface area contributed by atoms with E-state index in [0.29, 0.717) is 0 Å². The molecule has 108 valence electrons. The van der Waals surface area contributed by atoms with Crippen LogP contribution in [-0.4, -0.2) is 32.3 Å². The van der Waals surface area contributed by atoms with E-state index in [4.69, 9.17) is 0 Å². The summed E-state index contributed by atoms with van der Waals surface area (Å²) < 4.78 is 0. The van der Waals surface area contributed by atoms with Crippen molar-refractivity contribution >= 4 is 32.3 Å². The van der Waals surface area contributed by atoms with Gasteiger partial charge in [0.25, 0.3) is 0 Å². The van der Waals surface area contributed by atoms with Crippen molar-refractivity contribution < 1.29 is 0 Å². The van der Waals surface area contributed by atoms with E-state index in [1.165, 1.54) is 0 Å². The summed E-state index contributed by atoms with van der Waals surface area (Å²) in [6, 6.07) is 0. The Morgan fingerprint density at radius 2 is 0.444 bits per heavy atom. The lowest BCUT2D eigenvalue weighted by Crippen LogP contribution is -2.51. The van der Waals surface area contributed by atoms with Crippen LogP contribution in [0, 0.1) is 0 Å². The summed E-state index contributed by atoms with van der Waals surface area (Å²) in [6.07, 6.45) is 0. The van der Waals surface area contributed by atoms with Crippen molar-refractivity contribution in [1.29, 1.82) is 0 Å². The molecular weight excluding hydrogens is 280 g/mol. The molecule has 0 rings (SSSR count). The Bertz CT molecular complexity index is 261. The predicted molar refractivity (Wildman–Crippen MR) is 100 cm³/mol. The fourth-order valence-electron chi connectivity index (χ4n) is 3.75. The van der Waals surface area contributed by atoms with Gasteiger partial charge < -0.3 is 0 Å². The molecule has 18 heavy (non-hydrogen) atoms. The smallest absolute Gasteiger partial charge is 0.0671 e. The van der Waals surface area contributed by atoms with Gasteiger partial charge in [-0.15, -0.1) is 0 Å². The molecule has 0 nitrogen and oxygen atoms in total. The molecule has 0 aromatic heterocycles. The van der Waals surface area contributed by atoms with Crippen molar-refractivity contribution in [1.82, 2.24) is 0 Å². The first kappa shape index (κ1) is 18.6. The van der Waals surface area contributed by atoms with Crippen LogP contribution in [0.4, 0.5) is 0 Å². The zero-order valence-corrected chi connectivity index (χ0v) is 19.0. The van der Waals surface area contributed by atoms with Gasteiger partial charge in [0.05, 0.1) is 32.3 Å². The lowest BCUT2D eigenvalue weighted by molar-refractivity contribution is 1.55. The predicted octanol–water partition coefficient (Wildman–Crippen LogP) is 5.79. The highest BCUT2D eigenvalue weighted by atomic mass is 28.4. The van der Waals surface area contributed by atoms with Gasteiger partial charge in [-0.25, -0.2) is 0 Å². The highest BCUT2D eigenvalue weighted by Gasteiger charge is 2.41. The van der Waals surface area contributed by atoms with Crippen LogP contribution in [-0.2, 0) is 0 Å². The lowest BCUT2D eigenvalue weighted by atomic mass is 11.2. The van der Waals surface area contributed by atoms with Crippen molar-refractivity contribution in [3.8, 4) is 0 Å². The average molecular weight is 317 g/mol. The average Bonchev–Trinajstić information content (AvgIpc) is 1.89. The molecule has 0 amide bonds. The summed E-state index contributed by atoms with van der Waals surface area (Å²) in [4.78, 5) is 4.04. The highest BCUT2D eigenvalue weighted by Crippen LogP contribution is 2.37. The first-order valence-corrected chi connectivity index (χ1v) is 21.2. The van der Waals surface area contributed by atoms with E-state index >= 15 is 0 Å². The quantitative estimate of drug-likeness (QED) is 0.576. The van der Waals surface area contributed by atoms with Crippen LogP contribution in [0.5, 0.6) is 0 Å². The third kappa shape index (κ3) is 4.94. The summed E-state index contributed by atoms with van der Waals surface area (Å²) in [5, 5.41) is 0. The van der Waals surface area contributed by atoms with Crippen LogP contribution in [0.1, 0.15) is 0 Å². The Morgan fingerprint density at radius 1 is 0.333 bits per heavy atom. The van der Waals surface area contributed by atoms with Gasteiger partial charge in [0, 0.05) is 0 Å². The van der Waals surface area contributed by atoms with Gasteiger partial charge in [-0.3, -0.25) is 0 Å². The molecule has 0 aliphatic carbocycles. The summed E-state index contributed by atoms with van der Waals surface area (Å²) in [7, 11) is -4.78. The number of hydrogen-bond donors (Lipinski definition) is 0. The fraction of sp³-hybridized carbons (Fsp3) is 0.857. The molecule has 0 radical (unpaired) electrons. The Balaban J connectivity index is 6.44. The van der Waals surface area contributed by atoms with Crippen molar-refractivity contribution in [3.05, 3.63) is 9.64 Å². The van der Waals surface area contributed by atoms with E-state index in [0.717, 1.165) is 0 Å². The molecule has 4 heteroatoms. The van der Waals surface area contributed by atoms with E-state index in [1.807, 2.05) is 9.64 Å². The lowest BCUT2D eigenvalue weighted by Gasteiger charge is -2.43. The molecule has 0 unspecified atom stereocenters. The maximum atomic E-state index is 2.57. The summed E-state index contributed by atoms with van der Waals surface area (Å²) in [5.74, 6) is 0. The first-order chi connectivity index (χ1) is 7.49. The zero-order chi connectivity index (χ0) is 15.2. The van der Waals surface area contributed by atoms with Gasteiger partial charge in [0.15, 0.2) is 0 Å². The molecule has 0 aliphatic rings. The zero-order valence-electron chi connectivity index (χ0n) is 15.0. The molecule has 0 N–H and O–H groups in total. The SMILES string of the molecule is C[Si](C)(C)C(=C([Si](C)(C)C)[Si](C)(C)C)[Si](C)(C)C. The summed E-state index contributed by atoms with van der Waals surface area (Å²) in [6.45, 7) is 30.8. The standard InChI is InChI=1S/C14H36Si4/c1-15(2,3)13(16(4,5)6)14(17(7,8)9)18(10,11)12/h1-12H3. The van der Waals surface area contributed by atoms with Gasteiger partial charge in [-0.05, 0) is 0 Å². The van der Waals surface area contributed by atoms with Crippen LogP contribution >= 0.6 is 0 Å². The Hall–Kier alpha value is 0.608. The minimum absolute atomic E-state index is 1.19. The number of rotatable bonds is 4. The van der Waals surface area contributed by atoms with Gasteiger partial charge >= 0.3 is 0 Å². The normalized spacial score (nSPS) is 14.7. The largest absolute Gasteiger partial charge is 0.0991 e. The molecule has 0 fully saturated rings. The van der Waals surface area contributed by atoms with Crippen molar-refractivity contribution in [2.45, 2.75) is 78.6 Å². The first-order valence-electron chi connectivity index (χ1n) is 7.25. The molecule has 0 atom stereocenters. The molecule has 0 aliphatic heterocycles. The van der Waals surface area contributed by atoms with Crippen molar-refractivity contribution in [2.24, 2.45) is 0 Å². The monoisotopic (exact) mass is 316 g/mol. The van der Waals surface area contributed by atoms with E-state index in [-0.39, 0.29) is 0 Å². The van der Waals surface area contributed by atoms with Gasteiger partial charge in [0.1, 0.15) is 0 Å². The molecule has 0 spiro atoms. The van der Waals surface area contributed by atoms with Crippen LogP contribution in [0.25, 0.3) is 0 Å². The Labute approximate surface area is 120 Å². The van der Waals surface area contributed by atoms with E-state index in [1.54, 1.807) is 0 Å². The van der Waals surface area contributed by atoms with E-state index < -0.39 is 32.3 Å².